The van der Waals surface area contributed by atoms with Crippen LogP contribution in [0.5, 0.6) is 0 Å². The van der Waals surface area contributed by atoms with E-state index in [-0.39, 0.29) is 0 Å². The maximum atomic E-state index is 8.78. The third kappa shape index (κ3) is 0.692. The van der Waals surface area contributed by atoms with Gasteiger partial charge in [0, 0.05) is 0 Å². The van der Waals surface area contributed by atoms with Gasteiger partial charge in [-0.1, -0.05) is 0 Å². The van der Waals surface area contributed by atoms with Crippen molar-refractivity contribution in [3.63, 3.8) is 0 Å². The number of nitrogens with one attached hydrogen (secondary N) is 1. The van der Waals surface area contributed by atoms with Crippen LogP contribution in [0.15, 0.2) is 6.33 Å². The summed E-state index contributed by atoms with van der Waals surface area (Å²) in [5.41, 5.74) is 2.00. The van der Waals surface area contributed by atoms with Gasteiger partial charge in [-0.05, 0) is 0 Å². The van der Waals surface area contributed by atoms with Crippen molar-refractivity contribution >= 4 is 30.1 Å². The number of aromatic nitrogens is 4. The molecule has 1 aliphatic heterocycles. The minimum Gasteiger partial charge on any atom is -0.340 e. The highest BCUT2D eigenvalue weighted by atomic mass is 15.2. The van der Waals surface area contributed by atoms with Crippen LogP contribution in [0.3, 0.4) is 0 Å². The summed E-state index contributed by atoms with van der Waals surface area (Å²) >= 11 is 0. The molecule has 0 fully saturated rings. The minimum atomic E-state index is 0.454. The van der Waals surface area contributed by atoms with Crippen molar-refractivity contribution < 1.29 is 0 Å². The second kappa shape index (κ2) is 1.98. The summed E-state index contributed by atoms with van der Waals surface area (Å²) in [5.74, 6) is 0.625. The maximum absolute atomic E-state index is 8.78. The Hall–Kier alpha value is -2.10. The molecule has 2 aromatic rings. The largest absolute Gasteiger partial charge is 0.340 e. The Morgan fingerprint density at radius 3 is 3.31 bits per heavy atom. The normalized spacial score (nSPS) is 13.0. The smallest absolute Gasteiger partial charge is 0.335 e. The van der Waals surface area contributed by atoms with Gasteiger partial charge in [0.1, 0.15) is 11.2 Å². The van der Waals surface area contributed by atoms with Crippen LogP contribution in [-0.4, -0.2) is 27.4 Å². The molecule has 0 unspecified atom stereocenters. The molecule has 0 aliphatic carbocycles. The van der Waals surface area contributed by atoms with E-state index in [4.69, 9.17) is 5.26 Å². The summed E-state index contributed by atoms with van der Waals surface area (Å²) in [7, 11) is 0.454. The first-order valence-electron chi connectivity index (χ1n) is 3.76. The molecule has 0 spiro atoms. The Labute approximate surface area is 73.5 Å². The van der Waals surface area contributed by atoms with E-state index in [0.29, 0.717) is 24.6 Å². The van der Waals surface area contributed by atoms with Gasteiger partial charge in [-0.2, -0.15) is 5.26 Å². The van der Waals surface area contributed by atoms with E-state index in [9.17, 15) is 0 Å². The Kier molecular flexibility index (Phi) is 0.980. The first-order chi connectivity index (χ1) is 6.38. The lowest BCUT2D eigenvalue weighted by atomic mass is 9.93. The van der Waals surface area contributed by atoms with Crippen molar-refractivity contribution in [3.05, 3.63) is 6.33 Å². The lowest BCUT2D eigenvalue weighted by molar-refractivity contribution is 1.27. The fourth-order valence-electron chi connectivity index (χ4n) is 1.43. The quantitative estimate of drug-likeness (QED) is 0.389. The monoisotopic (exact) mass is 170 g/mol. The number of fused-ring (bicyclic) bond motifs is 4. The second-order valence-corrected chi connectivity index (χ2v) is 2.75. The second-order valence-electron chi connectivity index (χ2n) is 2.75. The van der Waals surface area contributed by atoms with E-state index in [2.05, 4.69) is 19.9 Å². The molecular weight excluding hydrogens is 167 g/mol. The lowest BCUT2D eigenvalue weighted by Gasteiger charge is -2.01. The average Bonchev–Trinajstić information content (AvgIpc) is 2.71. The highest BCUT2D eigenvalue weighted by molar-refractivity contribution is 6.59. The summed E-state index contributed by atoms with van der Waals surface area (Å²) in [4.78, 5) is 16.7. The van der Waals surface area contributed by atoms with Gasteiger partial charge in [0.05, 0.1) is 6.33 Å². The Morgan fingerprint density at radius 1 is 1.54 bits per heavy atom. The Morgan fingerprint density at radius 2 is 2.46 bits per heavy atom. The van der Waals surface area contributed by atoms with Crippen molar-refractivity contribution in [1.29, 1.82) is 5.26 Å². The molecule has 0 radical (unpaired) electrons. The van der Waals surface area contributed by atoms with E-state index in [1.165, 1.54) is 4.81 Å². The predicted octanol–water partition coefficient (Wildman–Crippen LogP) is -1.37. The van der Waals surface area contributed by atoms with Gasteiger partial charge in [0.25, 0.3) is 0 Å². The fourth-order valence-corrected chi connectivity index (χ4v) is 1.43. The van der Waals surface area contributed by atoms with Crippen LogP contribution in [0.4, 0.5) is 5.82 Å². The van der Waals surface area contributed by atoms with E-state index in [1.54, 1.807) is 6.33 Å². The van der Waals surface area contributed by atoms with Crippen LogP contribution in [0.1, 0.15) is 0 Å². The number of hydrogen-bond acceptors (Lipinski definition) is 5. The van der Waals surface area contributed by atoms with Crippen LogP contribution >= 0.6 is 0 Å². The SMILES string of the molecule is N#CN1Bc2nc1c1[nH]cnc1n2. The number of imidazole rings is 1. The molecule has 0 amide bonds. The van der Waals surface area contributed by atoms with Gasteiger partial charge >= 0.3 is 7.41 Å². The van der Waals surface area contributed by atoms with Crippen LogP contribution in [0.25, 0.3) is 11.2 Å². The Balaban J connectivity index is 2.41. The van der Waals surface area contributed by atoms with Crippen molar-refractivity contribution in [1.82, 2.24) is 19.9 Å². The number of aromatic amines is 1. The fraction of sp³-hybridized carbons (Fsp3) is 0. The lowest BCUT2D eigenvalue weighted by Crippen LogP contribution is -2.26. The molecule has 0 atom stereocenters. The molecule has 1 N–H and O–H groups in total. The molecule has 7 heteroatoms. The number of hydrogen-bond donors (Lipinski definition) is 1. The molecule has 3 heterocycles. The van der Waals surface area contributed by atoms with Gasteiger partial charge in [0.2, 0.25) is 0 Å². The number of anilines is 1. The van der Waals surface area contributed by atoms with Crippen LogP contribution < -0.4 is 10.5 Å². The molecule has 6 nitrogen and oxygen atoms in total. The van der Waals surface area contributed by atoms with Gasteiger partial charge in [-0.3, -0.25) is 0 Å². The van der Waals surface area contributed by atoms with Crippen molar-refractivity contribution in [2.24, 2.45) is 0 Å². The number of nitrogens with zero attached hydrogens (tertiary/aromatic N) is 5. The summed E-state index contributed by atoms with van der Waals surface area (Å²) in [6, 6.07) is 0. The van der Waals surface area contributed by atoms with E-state index in [0.717, 1.165) is 5.52 Å². The number of H-pyrrole nitrogens is 1. The minimum absolute atomic E-state index is 0.454. The zero-order valence-corrected chi connectivity index (χ0v) is 6.52. The molecule has 3 rings (SSSR count). The first-order valence-corrected chi connectivity index (χ1v) is 3.76. The molecule has 0 aromatic carbocycles. The highest BCUT2D eigenvalue weighted by Gasteiger charge is 2.25. The molecule has 2 aromatic heterocycles. The van der Waals surface area contributed by atoms with Gasteiger partial charge in [0.15, 0.2) is 17.7 Å². The van der Waals surface area contributed by atoms with E-state index < -0.39 is 0 Å². The third-order valence-corrected chi connectivity index (χ3v) is 1.99. The third-order valence-electron chi connectivity index (χ3n) is 1.99. The van der Waals surface area contributed by atoms with E-state index >= 15 is 0 Å². The predicted molar refractivity (Wildman–Crippen MR) is 46.6 cm³/mol. The zero-order chi connectivity index (χ0) is 8.84. The average molecular weight is 170 g/mol. The first kappa shape index (κ1) is 6.42. The topological polar surface area (TPSA) is 81.5 Å². The molecule has 0 saturated heterocycles. The van der Waals surface area contributed by atoms with E-state index in [1.807, 2.05) is 6.19 Å². The zero-order valence-electron chi connectivity index (χ0n) is 6.52. The van der Waals surface area contributed by atoms with Gasteiger partial charge < -0.3 is 9.79 Å². The molecule has 1 aliphatic rings. The van der Waals surface area contributed by atoms with Crippen molar-refractivity contribution in [3.8, 4) is 6.19 Å². The molecular formula is C6H3BN6. The summed E-state index contributed by atoms with van der Waals surface area (Å²) in [5, 5.41) is 8.78. The van der Waals surface area contributed by atoms with Crippen molar-refractivity contribution in [2.75, 3.05) is 4.81 Å². The number of rotatable bonds is 0. The highest BCUT2D eigenvalue weighted by Crippen LogP contribution is 2.20. The maximum Gasteiger partial charge on any atom is 0.335 e. The summed E-state index contributed by atoms with van der Waals surface area (Å²) in [6.45, 7) is 0. The van der Waals surface area contributed by atoms with Crippen LogP contribution in [0.2, 0.25) is 0 Å². The summed E-state index contributed by atoms with van der Waals surface area (Å²) in [6.07, 6.45) is 3.59. The molecule has 13 heavy (non-hydrogen) atoms. The Bertz CT molecular complexity index is 525. The molecule has 0 saturated carbocycles. The van der Waals surface area contributed by atoms with Crippen molar-refractivity contribution in [2.45, 2.75) is 0 Å². The molecule has 60 valence electrons. The van der Waals surface area contributed by atoms with Gasteiger partial charge in [-0.25, -0.2) is 15.0 Å². The van der Waals surface area contributed by atoms with Crippen LogP contribution in [-0.2, 0) is 0 Å². The number of nitriles is 1. The standard InChI is InChI=1S/C6H3BN6/c8-1-13-5-3-4(10-2-9-3)11-6(7-13)12-5/h2,7H,(H,9,10,11,12). The summed E-state index contributed by atoms with van der Waals surface area (Å²) < 4.78 is 0. The molecule has 2 bridgehead atoms. The van der Waals surface area contributed by atoms with Crippen LogP contribution in [0, 0.1) is 11.5 Å². The van der Waals surface area contributed by atoms with Gasteiger partial charge in [-0.15, -0.1) is 0 Å².